The van der Waals surface area contributed by atoms with E-state index in [0.29, 0.717) is 19.8 Å². The van der Waals surface area contributed by atoms with Gasteiger partial charge in [0.05, 0.1) is 13.2 Å². The van der Waals surface area contributed by atoms with Crippen molar-refractivity contribution in [3.05, 3.63) is 71.3 Å². The van der Waals surface area contributed by atoms with Crippen LogP contribution in [0.25, 0.3) is 0 Å². The first-order chi connectivity index (χ1) is 8.40. The minimum atomic E-state index is 0.560. The normalized spacial score (nSPS) is 10.4. The Morgan fingerprint density at radius 1 is 0.765 bits per heavy atom. The van der Waals surface area contributed by atoms with Crippen LogP contribution in [0.3, 0.4) is 0 Å². The second kappa shape index (κ2) is 6.18. The molecule has 2 aromatic carbocycles. The lowest BCUT2D eigenvalue weighted by atomic mass is 10.1. The molecule has 0 aliphatic rings. The fourth-order valence-electron chi connectivity index (χ4n) is 1.75. The van der Waals surface area contributed by atoms with E-state index in [4.69, 9.17) is 10.5 Å². The quantitative estimate of drug-likeness (QED) is 0.852. The Morgan fingerprint density at radius 3 is 2.12 bits per heavy atom. The molecule has 2 heteroatoms. The van der Waals surface area contributed by atoms with Gasteiger partial charge in [-0.15, -0.1) is 0 Å². The first-order valence-corrected chi connectivity index (χ1v) is 5.78. The van der Waals surface area contributed by atoms with Crippen LogP contribution in [0.5, 0.6) is 0 Å². The molecule has 0 amide bonds. The van der Waals surface area contributed by atoms with Crippen molar-refractivity contribution in [3.63, 3.8) is 0 Å². The number of benzene rings is 2. The van der Waals surface area contributed by atoms with Crippen LogP contribution >= 0.6 is 0 Å². The molecule has 0 saturated heterocycles. The average molecular weight is 227 g/mol. The lowest BCUT2D eigenvalue weighted by molar-refractivity contribution is 0.106. The second-order valence-corrected chi connectivity index (χ2v) is 3.95. The molecule has 0 fully saturated rings. The van der Waals surface area contributed by atoms with Crippen molar-refractivity contribution < 1.29 is 4.74 Å². The third-order valence-electron chi connectivity index (χ3n) is 2.71. The van der Waals surface area contributed by atoms with E-state index in [0.717, 1.165) is 5.56 Å². The first kappa shape index (κ1) is 11.8. The Balaban J connectivity index is 1.90. The maximum absolute atomic E-state index is 5.69. The lowest BCUT2D eigenvalue weighted by Crippen LogP contribution is -2.03. The lowest BCUT2D eigenvalue weighted by Gasteiger charge is -2.08. The summed E-state index contributed by atoms with van der Waals surface area (Å²) in [5.74, 6) is 0. The minimum Gasteiger partial charge on any atom is -0.372 e. The van der Waals surface area contributed by atoms with Gasteiger partial charge < -0.3 is 10.5 Å². The van der Waals surface area contributed by atoms with Crippen molar-refractivity contribution in [3.8, 4) is 0 Å². The molecule has 0 aromatic heterocycles. The zero-order valence-electron chi connectivity index (χ0n) is 9.80. The number of nitrogens with two attached hydrogens (primary N) is 1. The van der Waals surface area contributed by atoms with Crippen molar-refractivity contribution in [2.75, 3.05) is 0 Å². The highest BCUT2D eigenvalue weighted by Gasteiger charge is 2.00. The second-order valence-electron chi connectivity index (χ2n) is 3.95. The van der Waals surface area contributed by atoms with Crippen LogP contribution in [0, 0.1) is 0 Å². The zero-order valence-corrected chi connectivity index (χ0v) is 9.80. The minimum absolute atomic E-state index is 0.560. The molecule has 2 nitrogen and oxygen atoms in total. The molecule has 0 aliphatic heterocycles. The maximum Gasteiger partial charge on any atom is 0.0724 e. The number of hydrogen-bond donors (Lipinski definition) is 1. The SMILES string of the molecule is NCc1ccccc1COCc1ccccc1. The van der Waals surface area contributed by atoms with E-state index >= 15 is 0 Å². The molecule has 0 atom stereocenters. The van der Waals surface area contributed by atoms with Gasteiger partial charge in [0, 0.05) is 6.54 Å². The Hall–Kier alpha value is -1.64. The molecule has 2 aromatic rings. The van der Waals surface area contributed by atoms with Gasteiger partial charge in [-0.25, -0.2) is 0 Å². The fraction of sp³-hybridized carbons (Fsp3) is 0.200. The summed E-state index contributed by atoms with van der Waals surface area (Å²) in [5.41, 5.74) is 9.20. The largest absolute Gasteiger partial charge is 0.372 e. The van der Waals surface area contributed by atoms with Crippen molar-refractivity contribution in [2.45, 2.75) is 19.8 Å². The Bertz CT molecular complexity index is 453. The predicted octanol–water partition coefficient (Wildman–Crippen LogP) is 2.86. The number of ether oxygens (including phenoxy) is 1. The highest BCUT2D eigenvalue weighted by atomic mass is 16.5. The number of rotatable bonds is 5. The highest BCUT2D eigenvalue weighted by Crippen LogP contribution is 2.10. The predicted molar refractivity (Wildman–Crippen MR) is 69.3 cm³/mol. The number of hydrogen-bond acceptors (Lipinski definition) is 2. The van der Waals surface area contributed by atoms with Crippen LogP contribution in [0.15, 0.2) is 54.6 Å². The molecule has 88 valence electrons. The van der Waals surface area contributed by atoms with Crippen LogP contribution < -0.4 is 5.73 Å². The van der Waals surface area contributed by atoms with E-state index in [1.807, 2.05) is 36.4 Å². The van der Waals surface area contributed by atoms with Crippen molar-refractivity contribution in [1.82, 2.24) is 0 Å². The van der Waals surface area contributed by atoms with Crippen LogP contribution in [0.4, 0.5) is 0 Å². The Morgan fingerprint density at radius 2 is 1.41 bits per heavy atom. The summed E-state index contributed by atoms with van der Waals surface area (Å²) in [6.07, 6.45) is 0. The molecule has 0 aliphatic carbocycles. The molecule has 0 saturated carbocycles. The summed E-state index contributed by atoms with van der Waals surface area (Å²) in [5, 5.41) is 0. The molecule has 2 N–H and O–H groups in total. The van der Waals surface area contributed by atoms with E-state index in [1.54, 1.807) is 0 Å². The van der Waals surface area contributed by atoms with Crippen molar-refractivity contribution >= 4 is 0 Å². The van der Waals surface area contributed by atoms with Crippen LogP contribution in [0.1, 0.15) is 16.7 Å². The Labute approximate surface area is 102 Å². The third-order valence-corrected chi connectivity index (χ3v) is 2.71. The van der Waals surface area contributed by atoms with Gasteiger partial charge in [-0.2, -0.15) is 0 Å². The van der Waals surface area contributed by atoms with Gasteiger partial charge in [0.1, 0.15) is 0 Å². The molecule has 0 bridgehead atoms. The molecule has 0 spiro atoms. The molecule has 2 rings (SSSR count). The summed E-state index contributed by atoms with van der Waals surface area (Å²) in [7, 11) is 0. The summed E-state index contributed by atoms with van der Waals surface area (Å²) >= 11 is 0. The van der Waals surface area contributed by atoms with E-state index in [1.165, 1.54) is 11.1 Å². The van der Waals surface area contributed by atoms with Crippen molar-refractivity contribution in [1.29, 1.82) is 0 Å². The van der Waals surface area contributed by atoms with Crippen LogP contribution in [-0.4, -0.2) is 0 Å². The summed E-state index contributed by atoms with van der Waals surface area (Å²) in [6.45, 7) is 1.81. The van der Waals surface area contributed by atoms with Gasteiger partial charge in [-0.05, 0) is 16.7 Å². The van der Waals surface area contributed by atoms with Crippen LogP contribution in [0.2, 0.25) is 0 Å². The van der Waals surface area contributed by atoms with E-state index in [-0.39, 0.29) is 0 Å². The monoisotopic (exact) mass is 227 g/mol. The molecular formula is C15H17NO. The van der Waals surface area contributed by atoms with Crippen molar-refractivity contribution in [2.24, 2.45) is 5.73 Å². The average Bonchev–Trinajstić information content (AvgIpc) is 2.40. The van der Waals surface area contributed by atoms with Gasteiger partial charge in [0.25, 0.3) is 0 Å². The van der Waals surface area contributed by atoms with Gasteiger partial charge in [0.15, 0.2) is 0 Å². The van der Waals surface area contributed by atoms with E-state index < -0.39 is 0 Å². The summed E-state index contributed by atoms with van der Waals surface area (Å²) in [6, 6.07) is 18.3. The topological polar surface area (TPSA) is 35.2 Å². The molecule has 0 unspecified atom stereocenters. The molecule has 0 heterocycles. The van der Waals surface area contributed by atoms with Crippen LogP contribution in [-0.2, 0) is 24.5 Å². The fourth-order valence-corrected chi connectivity index (χ4v) is 1.75. The smallest absolute Gasteiger partial charge is 0.0724 e. The molecular weight excluding hydrogens is 210 g/mol. The molecule has 0 radical (unpaired) electrons. The highest BCUT2D eigenvalue weighted by molar-refractivity contribution is 5.26. The van der Waals surface area contributed by atoms with Gasteiger partial charge >= 0.3 is 0 Å². The van der Waals surface area contributed by atoms with Gasteiger partial charge in [-0.1, -0.05) is 54.6 Å². The Kier molecular flexibility index (Phi) is 4.30. The molecule has 17 heavy (non-hydrogen) atoms. The maximum atomic E-state index is 5.69. The zero-order chi connectivity index (χ0) is 11.9. The first-order valence-electron chi connectivity index (χ1n) is 5.78. The van der Waals surface area contributed by atoms with Gasteiger partial charge in [0.2, 0.25) is 0 Å². The summed E-state index contributed by atoms with van der Waals surface area (Å²) in [4.78, 5) is 0. The van der Waals surface area contributed by atoms with Gasteiger partial charge in [-0.3, -0.25) is 0 Å². The van der Waals surface area contributed by atoms with E-state index in [9.17, 15) is 0 Å². The third kappa shape index (κ3) is 3.41. The van der Waals surface area contributed by atoms with E-state index in [2.05, 4.69) is 18.2 Å². The summed E-state index contributed by atoms with van der Waals surface area (Å²) < 4.78 is 5.69. The standard InChI is InChI=1S/C15H17NO/c16-10-14-8-4-5-9-15(14)12-17-11-13-6-2-1-3-7-13/h1-9H,10-12,16H2.